The summed E-state index contributed by atoms with van der Waals surface area (Å²) in [6, 6.07) is 3.81. The molecular weight excluding hydrogens is 261 g/mol. The van der Waals surface area contributed by atoms with E-state index in [9.17, 15) is 14.0 Å². The van der Waals surface area contributed by atoms with Gasteiger partial charge in [0.25, 0.3) is 5.91 Å². The Kier molecular flexibility index (Phi) is 4.37. The summed E-state index contributed by atoms with van der Waals surface area (Å²) in [4.78, 5) is 25.7. The third-order valence-electron chi connectivity index (χ3n) is 3.66. The van der Waals surface area contributed by atoms with Crippen molar-refractivity contribution in [1.82, 2.24) is 4.90 Å². The maximum Gasteiger partial charge on any atom is 0.328 e. The summed E-state index contributed by atoms with van der Waals surface area (Å²) in [5, 5.41) is 0. The van der Waals surface area contributed by atoms with Crippen molar-refractivity contribution < 1.29 is 18.7 Å². The number of ether oxygens (including phenoxy) is 1. The number of carbonyl (C=O) groups excluding carboxylic acids is 2. The van der Waals surface area contributed by atoms with Crippen molar-refractivity contribution in [3.63, 3.8) is 0 Å². The van der Waals surface area contributed by atoms with Crippen molar-refractivity contribution in [3.8, 4) is 0 Å². The van der Waals surface area contributed by atoms with E-state index in [0.717, 1.165) is 12.8 Å². The number of halogens is 1. The number of piperidine rings is 1. The van der Waals surface area contributed by atoms with Gasteiger partial charge in [0.15, 0.2) is 0 Å². The number of benzene rings is 1. The van der Waals surface area contributed by atoms with Crippen LogP contribution < -0.4 is 0 Å². The molecule has 1 aromatic rings. The Bertz CT molecular complexity index is 530. The molecular formula is C15H18FNO3. The first kappa shape index (κ1) is 14.5. The maximum atomic E-state index is 13.6. The van der Waals surface area contributed by atoms with E-state index in [-0.39, 0.29) is 11.5 Å². The lowest BCUT2D eigenvalue weighted by atomic mass is 10.0. The van der Waals surface area contributed by atoms with Gasteiger partial charge in [-0.25, -0.2) is 9.18 Å². The molecule has 1 atom stereocenters. The second-order valence-electron chi connectivity index (χ2n) is 5.00. The summed E-state index contributed by atoms with van der Waals surface area (Å²) in [7, 11) is 1.31. The highest BCUT2D eigenvalue weighted by molar-refractivity contribution is 5.97. The van der Waals surface area contributed by atoms with Crippen molar-refractivity contribution in [1.29, 1.82) is 0 Å². The molecule has 0 N–H and O–H groups in total. The Hall–Kier alpha value is -1.91. The number of likely N-dealkylation sites (tertiary alicyclic amines) is 1. The average Bonchev–Trinajstić information content (AvgIpc) is 2.48. The molecule has 0 aliphatic carbocycles. The zero-order valence-corrected chi connectivity index (χ0v) is 11.7. The van der Waals surface area contributed by atoms with Crippen LogP contribution in [0.25, 0.3) is 0 Å². The average molecular weight is 279 g/mol. The molecule has 0 unspecified atom stereocenters. The number of amides is 1. The lowest BCUT2D eigenvalue weighted by Gasteiger charge is -2.33. The number of carbonyl (C=O) groups is 2. The minimum absolute atomic E-state index is 0.268. The molecule has 1 amide bonds. The van der Waals surface area contributed by atoms with E-state index in [1.165, 1.54) is 18.1 Å². The Balaban J connectivity index is 2.25. The SMILES string of the molecule is COC(=O)[C@H]1CCCCN1C(=O)c1ccc(C)c(F)c1. The van der Waals surface area contributed by atoms with E-state index < -0.39 is 17.8 Å². The van der Waals surface area contributed by atoms with Gasteiger partial charge in [-0.1, -0.05) is 6.07 Å². The predicted molar refractivity (Wildman–Crippen MR) is 71.8 cm³/mol. The molecule has 0 aromatic heterocycles. The fourth-order valence-corrected chi connectivity index (χ4v) is 2.45. The zero-order chi connectivity index (χ0) is 14.7. The molecule has 0 saturated carbocycles. The Morgan fingerprint density at radius 2 is 2.10 bits per heavy atom. The summed E-state index contributed by atoms with van der Waals surface area (Å²) < 4.78 is 18.3. The first-order valence-corrected chi connectivity index (χ1v) is 6.69. The first-order chi connectivity index (χ1) is 9.54. The number of esters is 1. The van der Waals surface area contributed by atoms with Crippen molar-refractivity contribution in [2.75, 3.05) is 13.7 Å². The number of rotatable bonds is 2. The molecule has 1 saturated heterocycles. The smallest absolute Gasteiger partial charge is 0.328 e. The summed E-state index contributed by atoms with van der Waals surface area (Å²) in [6.45, 7) is 2.13. The largest absolute Gasteiger partial charge is 0.467 e. The number of methoxy groups -OCH3 is 1. The van der Waals surface area contributed by atoms with E-state index >= 15 is 0 Å². The maximum absolute atomic E-state index is 13.6. The molecule has 0 radical (unpaired) electrons. The van der Waals surface area contributed by atoms with Crippen LogP contribution >= 0.6 is 0 Å². The van der Waals surface area contributed by atoms with Crippen molar-refractivity contribution >= 4 is 11.9 Å². The summed E-state index contributed by atoms with van der Waals surface area (Å²) in [5.74, 6) is -1.15. The van der Waals surface area contributed by atoms with Gasteiger partial charge in [0.1, 0.15) is 11.9 Å². The van der Waals surface area contributed by atoms with E-state index in [0.29, 0.717) is 18.5 Å². The lowest BCUT2D eigenvalue weighted by Crippen LogP contribution is -2.48. The molecule has 5 heteroatoms. The van der Waals surface area contributed by atoms with Crippen LogP contribution in [0, 0.1) is 12.7 Å². The molecule has 1 aliphatic heterocycles. The van der Waals surface area contributed by atoms with Crippen LogP contribution in [0.1, 0.15) is 35.2 Å². The van der Waals surface area contributed by atoms with E-state index in [1.807, 2.05) is 0 Å². The van der Waals surface area contributed by atoms with E-state index in [2.05, 4.69) is 0 Å². The van der Waals surface area contributed by atoms with Crippen molar-refractivity contribution in [3.05, 3.63) is 35.1 Å². The van der Waals surface area contributed by atoms with E-state index in [1.54, 1.807) is 19.1 Å². The topological polar surface area (TPSA) is 46.6 Å². The summed E-state index contributed by atoms with van der Waals surface area (Å²) in [5.41, 5.74) is 0.758. The van der Waals surface area contributed by atoms with Crippen LogP contribution in [0.3, 0.4) is 0 Å². The van der Waals surface area contributed by atoms with Gasteiger partial charge in [-0.3, -0.25) is 4.79 Å². The quantitative estimate of drug-likeness (QED) is 0.780. The second kappa shape index (κ2) is 6.03. The highest BCUT2D eigenvalue weighted by atomic mass is 19.1. The van der Waals surface area contributed by atoms with Gasteiger partial charge in [0, 0.05) is 12.1 Å². The lowest BCUT2D eigenvalue weighted by molar-refractivity contribution is -0.147. The van der Waals surface area contributed by atoms with Crippen LogP contribution in [0.2, 0.25) is 0 Å². The third-order valence-corrected chi connectivity index (χ3v) is 3.66. The van der Waals surface area contributed by atoms with Gasteiger partial charge < -0.3 is 9.64 Å². The Labute approximate surface area is 117 Å². The monoisotopic (exact) mass is 279 g/mol. The molecule has 108 valence electrons. The number of hydrogen-bond acceptors (Lipinski definition) is 3. The molecule has 1 aliphatic rings. The van der Waals surface area contributed by atoms with Gasteiger partial charge in [-0.05, 0) is 43.9 Å². The summed E-state index contributed by atoms with van der Waals surface area (Å²) in [6.07, 6.45) is 2.31. The highest BCUT2D eigenvalue weighted by Gasteiger charge is 2.33. The van der Waals surface area contributed by atoms with Crippen LogP contribution in [0.4, 0.5) is 4.39 Å². The van der Waals surface area contributed by atoms with Crippen LogP contribution in [-0.4, -0.2) is 36.5 Å². The van der Waals surface area contributed by atoms with Gasteiger partial charge in [-0.15, -0.1) is 0 Å². The fourth-order valence-electron chi connectivity index (χ4n) is 2.45. The van der Waals surface area contributed by atoms with E-state index in [4.69, 9.17) is 4.74 Å². The molecule has 0 spiro atoms. The number of hydrogen-bond donors (Lipinski definition) is 0. The standard InChI is InChI=1S/C15H18FNO3/c1-10-6-7-11(9-12(10)16)14(18)17-8-4-3-5-13(17)15(19)20-2/h6-7,9,13H,3-5,8H2,1-2H3/t13-/m1/s1. The third kappa shape index (κ3) is 2.81. The molecule has 20 heavy (non-hydrogen) atoms. The summed E-state index contributed by atoms with van der Waals surface area (Å²) >= 11 is 0. The first-order valence-electron chi connectivity index (χ1n) is 6.69. The Morgan fingerprint density at radius 3 is 2.75 bits per heavy atom. The predicted octanol–water partition coefficient (Wildman–Crippen LogP) is 2.30. The van der Waals surface area contributed by atoms with Gasteiger partial charge in [0.05, 0.1) is 7.11 Å². The normalized spacial score (nSPS) is 18.8. The molecule has 2 rings (SSSR count). The minimum Gasteiger partial charge on any atom is -0.467 e. The highest BCUT2D eigenvalue weighted by Crippen LogP contribution is 2.21. The van der Waals surface area contributed by atoms with Crippen molar-refractivity contribution in [2.45, 2.75) is 32.2 Å². The van der Waals surface area contributed by atoms with Gasteiger partial charge in [-0.2, -0.15) is 0 Å². The number of nitrogens with zero attached hydrogens (tertiary/aromatic N) is 1. The molecule has 4 nitrogen and oxygen atoms in total. The molecule has 1 aromatic carbocycles. The Morgan fingerprint density at radius 1 is 1.35 bits per heavy atom. The number of aryl methyl sites for hydroxylation is 1. The second-order valence-corrected chi connectivity index (χ2v) is 5.00. The molecule has 1 fully saturated rings. The fraction of sp³-hybridized carbons (Fsp3) is 0.467. The van der Waals surface area contributed by atoms with Crippen LogP contribution in [0.5, 0.6) is 0 Å². The minimum atomic E-state index is -0.564. The zero-order valence-electron chi connectivity index (χ0n) is 11.7. The van der Waals surface area contributed by atoms with Crippen molar-refractivity contribution in [2.24, 2.45) is 0 Å². The van der Waals surface area contributed by atoms with Crippen LogP contribution in [-0.2, 0) is 9.53 Å². The van der Waals surface area contributed by atoms with Gasteiger partial charge >= 0.3 is 5.97 Å². The van der Waals surface area contributed by atoms with Gasteiger partial charge in [0.2, 0.25) is 0 Å². The molecule has 1 heterocycles. The van der Waals surface area contributed by atoms with Crippen LogP contribution in [0.15, 0.2) is 18.2 Å². The molecule has 0 bridgehead atoms.